The molecule has 0 saturated carbocycles. The SMILES string of the molecule is c1ccc(-n2c3ccccc3c3ccccc32)c(N(c2ccc(-c3cccc4ccccc34)cc2)c2ccc(-c3cccc4ccccc34)cc2)c1. The van der Waals surface area contributed by atoms with E-state index in [4.69, 9.17) is 0 Å². The van der Waals surface area contributed by atoms with Crippen molar-refractivity contribution in [2.45, 2.75) is 0 Å². The van der Waals surface area contributed by atoms with Gasteiger partial charge in [0.2, 0.25) is 0 Å². The zero-order chi connectivity index (χ0) is 34.4. The van der Waals surface area contributed by atoms with Gasteiger partial charge < -0.3 is 9.47 Å². The summed E-state index contributed by atoms with van der Waals surface area (Å²) in [5.41, 5.74) is 11.7. The number of nitrogens with zero attached hydrogens (tertiary/aromatic N) is 2. The van der Waals surface area contributed by atoms with Gasteiger partial charge in [-0.15, -0.1) is 0 Å². The van der Waals surface area contributed by atoms with E-state index in [1.807, 2.05) is 0 Å². The molecule has 2 heteroatoms. The Morgan fingerprint density at radius 3 is 1.23 bits per heavy atom. The van der Waals surface area contributed by atoms with E-state index in [2.05, 4.69) is 216 Å². The van der Waals surface area contributed by atoms with Crippen molar-refractivity contribution in [2.24, 2.45) is 0 Å². The molecule has 0 spiro atoms. The van der Waals surface area contributed by atoms with E-state index in [0.29, 0.717) is 0 Å². The molecule has 0 aliphatic carbocycles. The lowest BCUT2D eigenvalue weighted by molar-refractivity contribution is 1.15. The average molecular weight is 663 g/mol. The molecule has 10 aromatic rings. The summed E-state index contributed by atoms with van der Waals surface area (Å²) in [4.78, 5) is 2.40. The van der Waals surface area contributed by atoms with Crippen molar-refractivity contribution < 1.29 is 0 Å². The third kappa shape index (κ3) is 4.96. The number of hydrogen-bond acceptors (Lipinski definition) is 1. The van der Waals surface area contributed by atoms with Crippen LogP contribution >= 0.6 is 0 Å². The van der Waals surface area contributed by atoms with Crippen molar-refractivity contribution in [2.75, 3.05) is 4.90 Å². The lowest BCUT2D eigenvalue weighted by atomic mass is 9.97. The minimum Gasteiger partial charge on any atom is -0.308 e. The van der Waals surface area contributed by atoms with E-state index in [1.54, 1.807) is 0 Å². The van der Waals surface area contributed by atoms with Crippen LogP contribution in [0.1, 0.15) is 0 Å². The normalized spacial score (nSPS) is 11.5. The van der Waals surface area contributed by atoms with Gasteiger partial charge in [-0.2, -0.15) is 0 Å². The van der Waals surface area contributed by atoms with Gasteiger partial charge in [-0.3, -0.25) is 0 Å². The van der Waals surface area contributed by atoms with E-state index < -0.39 is 0 Å². The fourth-order valence-corrected chi connectivity index (χ4v) is 7.99. The lowest BCUT2D eigenvalue weighted by Crippen LogP contribution is -2.13. The van der Waals surface area contributed by atoms with Crippen molar-refractivity contribution in [1.82, 2.24) is 4.57 Å². The number of aromatic nitrogens is 1. The maximum absolute atomic E-state index is 2.42. The number of fused-ring (bicyclic) bond motifs is 5. The van der Waals surface area contributed by atoms with Crippen molar-refractivity contribution >= 4 is 60.4 Å². The maximum Gasteiger partial charge on any atom is 0.0702 e. The predicted molar refractivity (Wildman–Crippen MR) is 221 cm³/mol. The van der Waals surface area contributed by atoms with Crippen LogP contribution in [0, 0.1) is 0 Å². The first-order valence-electron chi connectivity index (χ1n) is 17.9. The third-order valence-electron chi connectivity index (χ3n) is 10.4. The van der Waals surface area contributed by atoms with E-state index in [1.165, 1.54) is 65.6 Å². The second-order valence-corrected chi connectivity index (χ2v) is 13.3. The van der Waals surface area contributed by atoms with Crippen LogP contribution in [0.2, 0.25) is 0 Å². The van der Waals surface area contributed by atoms with Crippen LogP contribution in [0.25, 0.3) is 71.3 Å². The highest BCUT2D eigenvalue weighted by Gasteiger charge is 2.21. The van der Waals surface area contributed by atoms with Gasteiger partial charge in [-0.1, -0.05) is 158 Å². The van der Waals surface area contributed by atoms with Gasteiger partial charge in [0, 0.05) is 22.1 Å². The number of rotatable bonds is 6. The Kier molecular flexibility index (Phi) is 7.18. The van der Waals surface area contributed by atoms with Gasteiger partial charge in [-0.05, 0) is 92.3 Å². The number of benzene rings is 9. The summed E-state index contributed by atoms with van der Waals surface area (Å²) in [7, 11) is 0. The van der Waals surface area contributed by atoms with Crippen LogP contribution in [-0.4, -0.2) is 4.57 Å². The summed E-state index contributed by atoms with van der Waals surface area (Å²) in [6, 6.07) is 74.7. The Bertz CT molecular complexity index is 2710. The molecule has 0 aliphatic heterocycles. The molecule has 0 fully saturated rings. The highest BCUT2D eigenvalue weighted by Crippen LogP contribution is 2.43. The minimum atomic E-state index is 1.09. The third-order valence-corrected chi connectivity index (χ3v) is 10.4. The molecule has 0 bridgehead atoms. The smallest absolute Gasteiger partial charge is 0.0702 e. The van der Waals surface area contributed by atoms with Gasteiger partial charge in [0.05, 0.1) is 22.4 Å². The molecule has 0 unspecified atom stereocenters. The minimum absolute atomic E-state index is 1.09. The zero-order valence-corrected chi connectivity index (χ0v) is 28.5. The molecule has 0 radical (unpaired) electrons. The first-order chi connectivity index (χ1) is 25.8. The predicted octanol–water partition coefficient (Wildman–Crippen LogP) is 13.9. The van der Waals surface area contributed by atoms with Crippen LogP contribution in [-0.2, 0) is 0 Å². The molecule has 10 rings (SSSR count). The van der Waals surface area contributed by atoms with Crippen molar-refractivity contribution in [3.8, 4) is 27.9 Å². The molecule has 2 nitrogen and oxygen atoms in total. The largest absolute Gasteiger partial charge is 0.308 e. The topological polar surface area (TPSA) is 8.17 Å². The molecule has 0 aliphatic rings. The van der Waals surface area contributed by atoms with Crippen molar-refractivity contribution in [3.63, 3.8) is 0 Å². The van der Waals surface area contributed by atoms with Crippen LogP contribution in [0.15, 0.2) is 206 Å². The first-order valence-corrected chi connectivity index (χ1v) is 17.9. The highest BCUT2D eigenvalue weighted by atomic mass is 15.2. The van der Waals surface area contributed by atoms with Gasteiger partial charge in [0.25, 0.3) is 0 Å². The fraction of sp³-hybridized carbons (Fsp3) is 0. The summed E-state index contributed by atoms with van der Waals surface area (Å²) >= 11 is 0. The molecule has 9 aromatic carbocycles. The Morgan fingerprint density at radius 2 is 0.712 bits per heavy atom. The maximum atomic E-state index is 2.42. The summed E-state index contributed by atoms with van der Waals surface area (Å²) in [5.74, 6) is 0. The Labute approximate surface area is 303 Å². The molecule has 52 heavy (non-hydrogen) atoms. The van der Waals surface area contributed by atoms with Gasteiger partial charge in [0.15, 0.2) is 0 Å². The van der Waals surface area contributed by atoms with Crippen LogP contribution in [0.3, 0.4) is 0 Å². The Hall–Kier alpha value is -6.90. The van der Waals surface area contributed by atoms with E-state index >= 15 is 0 Å². The summed E-state index contributed by atoms with van der Waals surface area (Å²) < 4.78 is 2.42. The number of anilines is 3. The van der Waals surface area contributed by atoms with Crippen LogP contribution in [0.4, 0.5) is 17.1 Å². The molecule has 0 N–H and O–H groups in total. The summed E-state index contributed by atoms with van der Waals surface area (Å²) in [6.45, 7) is 0. The quantitative estimate of drug-likeness (QED) is 0.172. The molecular weight excluding hydrogens is 629 g/mol. The van der Waals surface area contributed by atoms with Gasteiger partial charge >= 0.3 is 0 Å². The van der Waals surface area contributed by atoms with Crippen molar-refractivity contribution in [1.29, 1.82) is 0 Å². The second kappa shape index (κ2) is 12.5. The molecular formula is C50H34N2. The van der Waals surface area contributed by atoms with Gasteiger partial charge in [-0.25, -0.2) is 0 Å². The van der Waals surface area contributed by atoms with Crippen molar-refractivity contribution in [3.05, 3.63) is 206 Å². The molecule has 1 aromatic heterocycles. The molecule has 0 atom stereocenters. The number of para-hydroxylation sites is 4. The molecule has 244 valence electrons. The lowest BCUT2D eigenvalue weighted by Gasteiger charge is -2.29. The summed E-state index contributed by atoms with van der Waals surface area (Å²) in [5, 5.41) is 7.51. The van der Waals surface area contributed by atoms with Crippen LogP contribution < -0.4 is 4.90 Å². The molecule has 0 amide bonds. The van der Waals surface area contributed by atoms with Gasteiger partial charge in [0.1, 0.15) is 0 Å². The monoisotopic (exact) mass is 662 g/mol. The second-order valence-electron chi connectivity index (χ2n) is 13.3. The zero-order valence-electron chi connectivity index (χ0n) is 28.5. The number of hydrogen-bond donors (Lipinski definition) is 0. The molecule has 1 heterocycles. The Morgan fingerprint density at radius 1 is 0.308 bits per heavy atom. The van der Waals surface area contributed by atoms with Crippen LogP contribution in [0.5, 0.6) is 0 Å². The van der Waals surface area contributed by atoms with E-state index in [9.17, 15) is 0 Å². The fourth-order valence-electron chi connectivity index (χ4n) is 7.99. The average Bonchev–Trinajstić information content (AvgIpc) is 3.55. The Balaban J connectivity index is 1.16. The standard InChI is InChI=1S/C50H34N2/c1-3-17-41-35(13-1)15-11-21-43(41)37-27-31-39(32-28-37)51(40-33-29-38(30-34-40)44-22-12-16-36-14-2-4-18-42(36)44)49-25-9-10-26-50(49)52-47-23-7-5-19-45(47)46-20-6-8-24-48(46)52/h1-34H. The first kappa shape index (κ1) is 30.0. The van der Waals surface area contributed by atoms with E-state index in [0.717, 1.165) is 22.7 Å². The molecule has 0 saturated heterocycles. The highest BCUT2D eigenvalue weighted by molar-refractivity contribution is 6.10. The summed E-state index contributed by atoms with van der Waals surface area (Å²) in [6.07, 6.45) is 0. The van der Waals surface area contributed by atoms with E-state index in [-0.39, 0.29) is 0 Å².